The van der Waals surface area contributed by atoms with Gasteiger partial charge in [-0.05, 0) is 30.8 Å². The normalized spacial score (nSPS) is 27.6. The lowest BCUT2D eigenvalue weighted by atomic mass is 9.81. The second kappa shape index (κ2) is 6.37. The van der Waals surface area contributed by atoms with Gasteiger partial charge >= 0.3 is 0 Å². The van der Waals surface area contributed by atoms with E-state index in [2.05, 4.69) is 17.6 Å². The first-order valence-corrected chi connectivity index (χ1v) is 7.34. The SMILES string of the molecule is CC(C(=O)NCCC1CCC(C)CC1)=C1CNC1. The fraction of sp³-hybridized carbons (Fsp3) is 0.800. The van der Waals surface area contributed by atoms with Crippen molar-refractivity contribution in [3.8, 4) is 0 Å². The molecule has 0 spiro atoms. The summed E-state index contributed by atoms with van der Waals surface area (Å²) in [6.45, 7) is 6.91. The maximum absolute atomic E-state index is 11.9. The van der Waals surface area contributed by atoms with Gasteiger partial charge in [-0.1, -0.05) is 32.6 Å². The van der Waals surface area contributed by atoms with E-state index in [1.165, 1.54) is 31.3 Å². The van der Waals surface area contributed by atoms with Crippen molar-refractivity contribution in [3.63, 3.8) is 0 Å². The quantitative estimate of drug-likeness (QED) is 0.751. The molecule has 0 atom stereocenters. The van der Waals surface area contributed by atoms with Gasteiger partial charge in [0.15, 0.2) is 0 Å². The predicted octanol–water partition coefficient (Wildman–Crippen LogP) is 2.24. The smallest absolute Gasteiger partial charge is 0.246 e. The van der Waals surface area contributed by atoms with E-state index in [-0.39, 0.29) is 5.91 Å². The summed E-state index contributed by atoms with van der Waals surface area (Å²) in [5.74, 6) is 1.88. The predicted molar refractivity (Wildman–Crippen MR) is 74.3 cm³/mol. The van der Waals surface area contributed by atoms with Crippen molar-refractivity contribution in [2.45, 2.75) is 46.0 Å². The molecule has 0 unspecified atom stereocenters. The third-order valence-corrected chi connectivity index (χ3v) is 4.52. The fourth-order valence-corrected chi connectivity index (χ4v) is 2.82. The monoisotopic (exact) mass is 250 g/mol. The Balaban J connectivity index is 1.64. The van der Waals surface area contributed by atoms with Gasteiger partial charge in [0, 0.05) is 25.2 Å². The van der Waals surface area contributed by atoms with Gasteiger partial charge in [0.1, 0.15) is 0 Å². The molecule has 0 aromatic rings. The van der Waals surface area contributed by atoms with Crippen LogP contribution in [0.15, 0.2) is 11.1 Å². The van der Waals surface area contributed by atoms with Crippen molar-refractivity contribution in [1.82, 2.24) is 10.6 Å². The van der Waals surface area contributed by atoms with Crippen molar-refractivity contribution in [1.29, 1.82) is 0 Å². The Morgan fingerprint density at radius 1 is 1.28 bits per heavy atom. The highest BCUT2D eigenvalue weighted by molar-refractivity contribution is 5.93. The minimum absolute atomic E-state index is 0.135. The molecule has 0 bridgehead atoms. The third-order valence-electron chi connectivity index (χ3n) is 4.52. The lowest BCUT2D eigenvalue weighted by molar-refractivity contribution is -0.117. The third kappa shape index (κ3) is 3.58. The molecule has 102 valence electrons. The van der Waals surface area contributed by atoms with Crippen molar-refractivity contribution < 1.29 is 4.79 Å². The van der Waals surface area contributed by atoms with E-state index in [1.807, 2.05) is 6.92 Å². The first-order valence-electron chi connectivity index (χ1n) is 7.34. The van der Waals surface area contributed by atoms with Crippen LogP contribution in [0.3, 0.4) is 0 Å². The van der Waals surface area contributed by atoms with Crippen LogP contribution in [0.4, 0.5) is 0 Å². The summed E-state index contributed by atoms with van der Waals surface area (Å²) in [6, 6.07) is 0. The minimum atomic E-state index is 0.135. The molecule has 0 aromatic heterocycles. The van der Waals surface area contributed by atoms with Gasteiger partial charge in [-0.25, -0.2) is 0 Å². The number of nitrogens with one attached hydrogen (secondary N) is 2. The van der Waals surface area contributed by atoms with Gasteiger partial charge in [-0.15, -0.1) is 0 Å². The van der Waals surface area contributed by atoms with Gasteiger partial charge in [-0.3, -0.25) is 4.79 Å². The highest BCUT2D eigenvalue weighted by Gasteiger charge is 2.19. The highest BCUT2D eigenvalue weighted by Crippen LogP contribution is 2.29. The van der Waals surface area contributed by atoms with Gasteiger partial charge in [-0.2, -0.15) is 0 Å². The van der Waals surface area contributed by atoms with Crippen LogP contribution in [0, 0.1) is 11.8 Å². The molecule has 3 heteroatoms. The molecule has 3 nitrogen and oxygen atoms in total. The molecule has 18 heavy (non-hydrogen) atoms. The molecule has 1 saturated heterocycles. The summed E-state index contributed by atoms with van der Waals surface area (Å²) in [5, 5.41) is 6.24. The number of hydrogen-bond acceptors (Lipinski definition) is 2. The average Bonchev–Trinajstić information content (AvgIpc) is 2.29. The first-order chi connectivity index (χ1) is 8.66. The summed E-state index contributed by atoms with van der Waals surface area (Å²) < 4.78 is 0. The maximum atomic E-state index is 11.9. The molecule has 2 aliphatic rings. The summed E-state index contributed by atoms with van der Waals surface area (Å²) >= 11 is 0. The second-order valence-corrected chi connectivity index (χ2v) is 6.00. The Morgan fingerprint density at radius 2 is 1.94 bits per heavy atom. The zero-order valence-corrected chi connectivity index (χ0v) is 11.7. The molecular weight excluding hydrogens is 224 g/mol. The van der Waals surface area contributed by atoms with E-state index < -0.39 is 0 Å². The molecule has 2 fully saturated rings. The van der Waals surface area contributed by atoms with Crippen molar-refractivity contribution in [3.05, 3.63) is 11.1 Å². The summed E-state index contributed by atoms with van der Waals surface area (Å²) in [4.78, 5) is 11.9. The Bertz CT molecular complexity index is 321. The van der Waals surface area contributed by atoms with Crippen LogP contribution in [-0.2, 0) is 4.79 Å². The molecule has 2 N–H and O–H groups in total. The van der Waals surface area contributed by atoms with Crippen molar-refractivity contribution >= 4 is 5.91 Å². The number of carbonyl (C=O) groups is 1. The molecular formula is C15H26N2O. The molecule has 1 amide bonds. The molecule has 1 aliphatic heterocycles. The van der Waals surface area contributed by atoms with Crippen LogP contribution in [0.5, 0.6) is 0 Å². The van der Waals surface area contributed by atoms with E-state index in [9.17, 15) is 4.79 Å². The van der Waals surface area contributed by atoms with Crippen LogP contribution >= 0.6 is 0 Å². The van der Waals surface area contributed by atoms with E-state index in [0.29, 0.717) is 0 Å². The summed E-state index contributed by atoms with van der Waals surface area (Å²) in [5.41, 5.74) is 2.19. The number of amides is 1. The van der Waals surface area contributed by atoms with Gasteiger partial charge in [0.2, 0.25) is 5.91 Å². The van der Waals surface area contributed by atoms with Crippen LogP contribution in [-0.4, -0.2) is 25.5 Å². The molecule has 1 aliphatic carbocycles. The molecule has 0 aromatic carbocycles. The standard InChI is InChI=1S/C15H26N2O/c1-11-3-5-13(6-4-11)7-8-17-15(18)12(2)14-9-16-10-14/h11,13,16H,3-10H2,1-2H3,(H,17,18). The molecule has 1 saturated carbocycles. The fourth-order valence-electron chi connectivity index (χ4n) is 2.82. The van der Waals surface area contributed by atoms with Gasteiger partial charge < -0.3 is 10.6 Å². The van der Waals surface area contributed by atoms with Crippen LogP contribution in [0.2, 0.25) is 0 Å². The first kappa shape index (κ1) is 13.6. The van der Waals surface area contributed by atoms with Gasteiger partial charge in [0.05, 0.1) is 0 Å². The van der Waals surface area contributed by atoms with Gasteiger partial charge in [0.25, 0.3) is 0 Å². The number of hydrogen-bond donors (Lipinski definition) is 2. The van der Waals surface area contributed by atoms with E-state index >= 15 is 0 Å². The molecule has 2 rings (SSSR count). The zero-order valence-electron chi connectivity index (χ0n) is 11.7. The number of rotatable bonds is 4. The molecule has 1 heterocycles. The Hall–Kier alpha value is -0.830. The Labute approximate surface area is 110 Å². The highest BCUT2D eigenvalue weighted by atomic mass is 16.1. The van der Waals surface area contributed by atoms with Crippen molar-refractivity contribution in [2.75, 3.05) is 19.6 Å². The Morgan fingerprint density at radius 3 is 2.50 bits per heavy atom. The summed E-state index contributed by atoms with van der Waals surface area (Å²) in [7, 11) is 0. The second-order valence-electron chi connectivity index (χ2n) is 6.00. The zero-order chi connectivity index (χ0) is 13.0. The maximum Gasteiger partial charge on any atom is 0.246 e. The van der Waals surface area contributed by atoms with Crippen LogP contribution < -0.4 is 10.6 Å². The Kier molecular flexibility index (Phi) is 4.81. The van der Waals surface area contributed by atoms with E-state index in [4.69, 9.17) is 0 Å². The largest absolute Gasteiger partial charge is 0.352 e. The topological polar surface area (TPSA) is 41.1 Å². The lowest BCUT2D eigenvalue weighted by Gasteiger charge is -2.26. The number of carbonyl (C=O) groups excluding carboxylic acids is 1. The lowest BCUT2D eigenvalue weighted by Crippen LogP contribution is -2.38. The van der Waals surface area contributed by atoms with E-state index in [0.717, 1.165) is 43.5 Å². The van der Waals surface area contributed by atoms with Crippen LogP contribution in [0.25, 0.3) is 0 Å². The van der Waals surface area contributed by atoms with Crippen LogP contribution in [0.1, 0.15) is 46.0 Å². The van der Waals surface area contributed by atoms with E-state index in [1.54, 1.807) is 0 Å². The molecule has 0 radical (unpaired) electrons. The average molecular weight is 250 g/mol. The summed E-state index contributed by atoms with van der Waals surface area (Å²) in [6.07, 6.45) is 6.59. The van der Waals surface area contributed by atoms with Crippen molar-refractivity contribution in [2.24, 2.45) is 11.8 Å². The minimum Gasteiger partial charge on any atom is -0.352 e.